The number of Topliss-reactive ketones (excluding diaryl/α,β-unsaturated/α-hetero) is 1. The highest BCUT2D eigenvalue weighted by Crippen LogP contribution is 2.31. The molecule has 0 atom stereocenters. The zero-order valence-electron chi connectivity index (χ0n) is 9.12. The lowest BCUT2D eigenvalue weighted by Gasteiger charge is -2.06. The first kappa shape index (κ1) is 15.3. The van der Waals surface area contributed by atoms with Crippen LogP contribution in [0.4, 0.5) is 0 Å². The summed E-state index contributed by atoms with van der Waals surface area (Å²) in [4.78, 5) is 24.0. The van der Waals surface area contributed by atoms with E-state index < -0.39 is 0 Å². The summed E-state index contributed by atoms with van der Waals surface area (Å²) in [6.07, 6.45) is 1.55. The first-order chi connectivity index (χ1) is 8.88. The molecule has 0 bridgehead atoms. The van der Waals surface area contributed by atoms with E-state index in [9.17, 15) is 9.59 Å². The first-order valence-electron chi connectivity index (χ1n) is 4.92. The third kappa shape index (κ3) is 3.49. The number of nitrogens with zero attached hydrogens (tertiary/aromatic N) is 1. The van der Waals surface area contributed by atoms with Crippen LogP contribution in [0.25, 0.3) is 0 Å². The van der Waals surface area contributed by atoms with Crippen molar-refractivity contribution in [3.8, 4) is 0 Å². The molecule has 2 rings (SSSR count). The summed E-state index contributed by atoms with van der Waals surface area (Å²) < 4.78 is 3.15. The van der Waals surface area contributed by atoms with Crippen LogP contribution >= 0.6 is 66.4 Å². The Bertz CT molecular complexity index is 711. The maximum Gasteiger partial charge on any atom is 0.265 e. The molecule has 0 saturated carbocycles. The number of hydrogen-bond acceptors (Lipinski definition) is 3. The Morgan fingerprint density at radius 3 is 2.58 bits per heavy atom. The van der Waals surface area contributed by atoms with Gasteiger partial charge in [0.1, 0.15) is 4.34 Å². The topological polar surface area (TPSA) is 39.1 Å². The van der Waals surface area contributed by atoms with Gasteiger partial charge in [-0.1, -0.05) is 23.2 Å². The molecular formula is C11H5Br2Cl2NO2S. The van der Waals surface area contributed by atoms with Crippen molar-refractivity contribution in [1.29, 1.82) is 0 Å². The third-order valence-corrected chi connectivity index (χ3v) is 4.77. The zero-order valence-corrected chi connectivity index (χ0v) is 14.6. The smallest absolute Gasteiger partial charge is 0.265 e. The molecule has 0 aliphatic rings. The number of rotatable bonds is 3. The molecule has 0 spiro atoms. The van der Waals surface area contributed by atoms with Crippen molar-refractivity contribution in [2.24, 2.45) is 0 Å². The Morgan fingerprint density at radius 2 is 2.00 bits per heavy atom. The van der Waals surface area contributed by atoms with Crippen molar-refractivity contribution >= 4 is 72.2 Å². The Balaban J connectivity index is 2.34. The fraction of sp³-hybridized carbons (Fsp3) is 0.0909. The van der Waals surface area contributed by atoms with Gasteiger partial charge in [-0.25, -0.2) is 0 Å². The minimum atomic E-state index is -0.283. The van der Waals surface area contributed by atoms with E-state index in [1.807, 2.05) is 0 Å². The summed E-state index contributed by atoms with van der Waals surface area (Å²) in [6, 6.07) is 3.13. The molecule has 0 N–H and O–H groups in total. The van der Waals surface area contributed by atoms with E-state index in [1.54, 1.807) is 12.3 Å². The van der Waals surface area contributed by atoms with Crippen molar-refractivity contribution < 1.29 is 4.79 Å². The molecule has 0 aliphatic heterocycles. The third-order valence-electron chi connectivity index (χ3n) is 2.28. The van der Waals surface area contributed by atoms with E-state index in [0.717, 1.165) is 11.3 Å². The molecule has 3 nitrogen and oxygen atoms in total. The Kier molecular flexibility index (Phi) is 4.89. The Labute approximate surface area is 139 Å². The van der Waals surface area contributed by atoms with Gasteiger partial charge in [0.2, 0.25) is 0 Å². The van der Waals surface area contributed by atoms with E-state index in [2.05, 4.69) is 31.9 Å². The van der Waals surface area contributed by atoms with E-state index in [4.69, 9.17) is 23.2 Å². The monoisotopic (exact) mass is 443 g/mol. The summed E-state index contributed by atoms with van der Waals surface area (Å²) in [5, 5.41) is 0. The van der Waals surface area contributed by atoms with Crippen LogP contribution in [0.1, 0.15) is 10.4 Å². The largest absolute Gasteiger partial charge is 0.306 e. The number of hydrogen-bond donors (Lipinski definition) is 0. The molecular weight excluding hydrogens is 441 g/mol. The average Bonchev–Trinajstić information content (AvgIpc) is 2.64. The molecule has 0 radical (unpaired) electrons. The fourth-order valence-corrected chi connectivity index (χ4v) is 4.21. The lowest BCUT2D eigenvalue weighted by Crippen LogP contribution is -2.24. The SMILES string of the molecule is O=C(Cn1cc(Br)cc(Br)c1=O)c1cc(Cl)sc1Cl. The average molecular weight is 446 g/mol. The molecule has 0 aromatic carbocycles. The van der Waals surface area contributed by atoms with Crippen molar-refractivity contribution in [3.63, 3.8) is 0 Å². The summed E-state index contributed by atoms with van der Waals surface area (Å²) >= 11 is 19.2. The summed E-state index contributed by atoms with van der Waals surface area (Å²) in [5.74, 6) is -0.264. The predicted octanol–water partition coefficient (Wildman–Crippen LogP) is 4.62. The van der Waals surface area contributed by atoms with Crippen LogP contribution < -0.4 is 5.56 Å². The van der Waals surface area contributed by atoms with Gasteiger partial charge in [0.05, 0.1) is 20.9 Å². The summed E-state index contributed by atoms with van der Waals surface area (Å²) in [6.45, 7) is -0.0936. The number of thiophene rings is 1. The van der Waals surface area contributed by atoms with Crippen LogP contribution in [0, 0.1) is 0 Å². The van der Waals surface area contributed by atoms with Crippen LogP contribution in [-0.4, -0.2) is 10.4 Å². The second-order valence-corrected chi connectivity index (χ2v) is 7.66. The van der Waals surface area contributed by atoms with Gasteiger partial charge in [-0.3, -0.25) is 9.59 Å². The number of halogens is 4. The van der Waals surface area contributed by atoms with Gasteiger partial charge in [-0.2, -0.15) is 0 Å². The second-order valence-electron chi connectivity index (χ2n) is 3.60. The number of aromatic nitrogens is 1. The van der Waals surface area contributed by atoms with Crippen molar-refractivity contribution in [3.05, 3.63) is 51.9 Å². The van der Waals surface area contributed by atoms with Gasteiger partial charge in [0, 0.05) is 10.7 Å². The van der Waals surface area contributed by atoms with E-state index in [1.165, 1.54) is 10.6 Å². The van der Waals surface area contributed by atoms with Gasteiger partial charge >= 0.3 is 0 Å². The summed E-state index contributed by atoms with van der Waals surface area (Å²) in [5.41, 5.74) is 0.0497. The van der Waals surface area contributed by atoms with Gasteiger partial charge in [-0.05, 0) is 44.0 Å². The Morgan fingerprint density at radius 1 is 1.32 bits per heavy atom. The standard InChI is InChI=1S/C11H5Br2Cl2NO2S/c12-5-1-7(13)11(18)16(3-5)4-8(17)6-2-9(14)19-10(6)15/h1-3H,4H2. The van der Waals surface area contributed by atoms with Crippen molar-refractivity contribution in [2.45, 2.75) is 6.54 Å². The second kappa shape index (κ2) is 6.10. The van der Waals surface area contributed by atoms with Crippen LogP contribution in [0.3, 0.4) is 0 Å². The maximum atomic E-state index is 12.1. The highest BCUT2D eigenvalue weighted by atomic mass is 79.9. The number of carbonyl (C=O) groups is 1. The van der Waals surface area contributed by atoms with Crippen LogP contribution in [0.5, 0.6) is 0 Å². The lowest BCUT2D eigenvalue weighted by atomic mass is 10.2. The summed E-state index contributed by atoms with van der Waals surface area (Å²) in [7, 11) is 0. The zero-order chi connectivity index (χ0) is 14.2. The minimum Gasteiger partial charge on any atom is -0.306 e. The molecule has 0 fully saturated rings. The number of ketones is 1. The van der Waals surface area contributed by atoms with Gasteiger partial charge in [0.25, 0.3) is 5.56 Å². The van der Waals surface area contributed by atoms with Crippen LogP contribution in [0.2, 0.25) is 8.67 Å². The molecule has 0 saturated heterocycles. The first-order valence-corrected chi connectivity index (χ1v) is 8.08. The molecule has 0 unspecified atom stereocenters. The molecule has 0 amide bonds. The van der Waals surface area contributed by atoms with Gasteiger partial charge in [-0.15, -0.1) is 11.3 Å². The molecule has 0 aliphatic carbocycles. The predicted molar refractivity (Wildman–Crippen MR) is 84.8 cm³/mol. The highest BCUT2D eigenvalue weighted by Gasteiger charge is 2.16. The lowest BCUT2D eigenvalue weighted by molar-refractivity contribution is 0.0971. The fourth-order valence-electron chi connectivity index (χ4n) is 1.45. The normalized spacial score (nSPS) is 10.7. The minimum absolute atomic E-state index is 0.0936. The maximum absolute atomic E-state index is 12.1. The van der Waals surface area contributed by atoms with E-state index in [-0.39, 0.29) is 17.9 Å². The number of carbonyl (C=O) groups excluding carboxylic acids is 1. The van der Waals surface area contributed by atoms with Gasteiger partial charge < -0.3 is 4.57 Å². The van der Waals surface area contributed by atoms with E-state index >= 15 is 0 Å². The van der Waals surface area contributed by atoms with Crippen LogP contribution in [-0.2, 0) is 6.54 Å². The highest BCUT2D eigenvalue weighted by molar-refractivity contribution is 9.11. The van der Waals surface area contributed by atoms with Crippen LogP contribution in [0.15, 0.2) is 32.1 Å². The van der Waals surface area contributed by atoms with E-state index in [0.29, 0.717) is 23.2 Å². The van der Waals surface area contributed by atoms with Gasteiger partial charge in [0.15, 0.2) is 5.78 Å². The van der Waals surface area contributed by atoms with Crippen molar-refractivity contribution in [2.75, 3.05) is 0 Å². The molecule has 19 heavy (non-hydrogen) atoms. The molecule has 100 valence electrons. The molecule has 8 heteroatoms. The number of pyridine rings is 1. The Hall–Kier alpha value is -0.140. The van der Waals surface area contributed by atoms with Crippen molar-refractivity contribution in [1.82, 2.24) is 4.57 Å². The molecule has 2 aromatic heterocycles. The molecule has 2 heterocycles. The quantitative estimate of drug-likeness (QED) is 0.646. The molecule has 2 aromatic rings.